The largest absolute Gasteiger partial charge is 0.346 e. The predicted octanol–water partition coefficient (Wildman–Crippen LogP) is 2.00. The van der Waals surface area contributed by atoms with Crippen molar-refractivity contribution >= 4 is 27.8 Å². The molecule has 2 aromatic heterocycles. The minimum atomic E-state index is 0.504. The number of hydrogen-bond acceptors (Lipinski definition) is 6. The van der Waals surface area contributed by atoms with E-state index in [1.165, 1.54) is 4.88 Å². The SMILES string of the molecule is Cc1ncsc1CN(C)c1nc(CN)cs1. The van der Waals surface area contributed by atoms with Crippen LogP contribution in [0.15, 0.2) is 10.9 Å². The minimum absolute atomic E-state index is 0.504. The van der Waals surface area contributed by atoms with Crippen LogP contribution in [-0.4, -0.2) is 17.0 Å². The Bertz CT molecular complexity index is 463. The standard InChI is InChI=1S/C10H14N4S2/c1-7-9(16-6-12-7)4-14(2)10-13-8(3-11)5-15-10/h5-6H,3-4,11H2,1-2H3. The van der Waals surface area contributed by atoms with Crippen LogP contribution < -0.4 is 10.6 Å². The first-order chi connectivity index (χ1) is 7.70. The molecule has 0 aliphatic carbocycles. The molecule has 0 spiro atoms. The highest BCUT2D eigenvalue weighted by Gasteiger charge is 2.09. The molecule has 16 heavy (non-hydrogen) atoms. The molecule has 0 amide bonds. The zero-order valence-electron chi connectivity index (χ0n) is 9.30. The molecule has 0 aliphatic rings. The van der Waals surface area contributed by atoms with E-state index in [1.807, 2.05) is 24.9 Å². The molecule has 0 bridgehead atoms. The van der Waals surface area contributed by atoms with Gasteiger partial charge in [0.1, 0.15) is 0 Å². The van der Waals surface area contributed by atoms with E-state index in [0.717, 1.165) is 23.1 Å². The second-order valence-electron chi connectivity index (χ2n) is 3.54. The second kappa shape index (κ2) is 4.90. The fourth-order valence-corrected chi connectivity index (χ4v) is 2.96. The topological polar surface area (TPSA) is 55.0 Å². The van der Waals surface area contributed by atoms with E-state index >= 15 is 0 Å². The fourth-order valence-electron chi connectivity index (χ4n) is 1.33. The van der Waals surface area contributed by atoms with Crippen LogP contribution in [0.4, 0.5) is 5.13 Å². The molecule has 0 atom stereocenters. The summed E-state index contributed by atoms with van der Waals surface area (Å²) in [6.45, 7) is 3.39. The van der Waals surface area contributed by atoms with Crippen molar-refractivity contribution in [2.45, 2.75) is 20.0 Å². The summed E-state index contributed by atoms with van der Waals surface area (Å²) in [5.74, 6) is 0. The number of nitrogens with two attached hydrogens (primary N) is 1. The van der Waals surface area contributed by atoms with Crippen molar-refractivity contribution in [1.82, 2.24) is 9.97 Å². The van der Waals surface area contributed by atoms with Crippen molar-refractivity contribution in [2.75, 3.05) is 11.9 Å². The fraction of sp³-hybridized carbons (Fsp3) is 0.400. The van der Waals surface area contributed by atoms with Gasteiger partial charge < -0.3 is 10.6 Å². The van der Waals surface area contributed by atoms with E-state index < -0.39 is 0 Å². The zero-order valence-corrected chi connectivity index (χ0v) is 10.9. The van der Waals surface area contributed by atoms with Gasteiger partial charge in [0, 0.05) is 23.8 Å². The lowest BCUT2D eigenvalue weighted by Gasteiger charge is -2.14. The first kappa shape index (κ1) is 11.5. The molecule has 0 unspecified atom stereocenters. The lowest BCUT2D eigenvalue weighted by atomic mass is 10.4. The Kier molecular flexibility index (Phi) is 3.52. The maximum absolute atomic E-state index is 5.54. The average Bonchev–Trinajstić information content (AvgIpc) is 2.88. The smallest absolute Gasteiger partial charge is 0.185 e. The molecule has 0 saturated carbocycles. The first-order valence-corrected chi connectivity index (χ1v) is 6.71. The normalized spacial score (nSPS) is 10.7. The molecule has 0 aromatic carbocycles. The Labute approximate surface area is 103 Å². The summed E-state index contributed by atoms with van der Waals surface area (Å²) in [4.78, 5) is 12.1. The van der Waals surface area contributed by atoms with Crippen LogP contribution in [0.5, 0.6) is 0 Å². The predicted molar refractivity (Wildman–Crippen MR) is 69.0 cm³/mol. The van der Waals surface area contributed by atoms with Gasteiger partial charge >= 0.3 is 0 Å². The minimum Gasteiger partial charge on any atom is -0.346 e. The average molecular weight is 254 g/mol. The molecule has 2 aromatic rings. The van der Waals surface area contributed by atoms with Crippen LogP contribution >= 0.6 is 22.7 Å². The van der Waals surface area contributed by atoms with E-state index in [2.05, 4.69) is 14.9 Å². The second-order valence-corrected chi connectivity index (χ2v) is 5.32. The molecule has 0 radical (unpaired) electrons. The molecule has 6 heteroatoms. The van der Waals surface area contributed by atoms with Crippen molar-refractivity contribution in [2.24, 2.45) is 5.73 Å². The van der Waals surface area contributed by atoms with Gasteiger partial charge in [-0.15, -0.1) is 22.7 Å². The Hall–Kier alpha value is -0.980. The Morgan fingerprint density at radius 1 is 1.44 bits per heavy atom. The van der Waals surface area contributed by atoms with E-state index in [4.69, 9.17) is 5.73 Å². The Balaban J connectivity index is 2.08. The zero-order chi connectivity index (χ0) is 11.5. The van der Waals surface area contributed by atoms with Crippen LogP contribution in [0.25, 0.3) is 0 Å². The lowest BCUT2D eigenvalue weighted by molar-refractivity contribution is 0.903. The van der Waals surface area contributed by atoms with Crippen LogP contribution in [0.1, 0.15) is 16.3 Å². The number of hydrogen-bond donors (Lipinski definition) is 1. The van der Waals surface area contributed by atoms with Crippen LogP contribution in [-0.2, 0) is 13.1 Å². The number of rotatable bonds is 4. The summed E-state index contributed by atoms with van der Waals surface area (Å²) in [6, 6.07) is 0. The highest BCUT2D eigenvalue weighted by Crippen LogP contribution is 2.22. The molecule has 0 fully saturated rings. The van der Waals surface area contributed by atoms with Crippen molar-refractivity contribution in [3.05, 3.63) is 27.2 Å². The molecule has 86 valence electrons. The van der Waals surface area contributed by atoms with Gasteiger partial charge in [-0.1, -0.05) is 0 Å². The van der Waals surface area contributed by atoms with Crippen LogP contribution in [0.3, 0.4) is 0 Å². The summed E-state index contributed by atoms with van der Waals surface area (Å²) >= 11 is 3.31. The summed E-state index contributed by atoms with van der Waals surface area (Å²) in [6.07, 6.45) is 0. The number of thiazole rings is 2. The molecule has 2 rings (SSSR count). The Morgan fingerprint density at radius 3 is 2.81 bits per heavy atom. The van der Waals surface area contributed by atoms with Gasteiger partial charge in [0.25, 0.3) is 0 Å². The van der Waals surface area contributed by atoms with Crippen molar-refractivity contribution in [3.63, 3.8) is 0 Å². The molecule has 4 nitrogen and oxygen atoms in total. The van der Waals surface area contributed by atoms with E-state index in [9.17, 15) is 0 Å². The lowest BCUT2D eigenvalue weighted by Crippen LogP contribution is -2.16. The number of anilines is 1. The van der Waals surface area contributed by atoms with Crippen molar-refractivity contribution in [3.8, 4) is 0 Å². The first-order valence-electron chi connectivity index (χ1n) is 4.95. The third-order valence-corrected chi connectivity index (χ3v) is 4.22. The molecular formula is C10H14N4S2. The highest BCUT2D eigenvalue weighted by atomic mass is 32.1. The summed E-state index contributed by atoms with van der Waals surface area (Å²) < 4.78 is 0. The van der Waals surface area contributed by atoms with Crippen molar-refractivity contribution < 1.29 is 0 Å². The number of nitrogens with zero attached hydrogens (tertiary/aromatic N) is 3. The van der Waals surface area contributed by atoms with Gasteiger partial charge in [-0.3, -0.25) is 0 Å². The Morgan fingerprint density at radius 2 is 2.25 bits per heavy atom. The summed E-state index contributed by atoms with van der Waals surface area (Å²) in [5.41, 5.74) is 9.48. The van der Waals surface area contributed by atoms with E-state index in [0.29, 0.717) is 6.54 Å². The molecule has 0 saturated heterocycles. The van der Waals surface area contributed by atoms with E-state index in [-0.39, 0.29) is 0 Å². The quantitative estimate of drug-likeness (QED) is 0.906. The monoisotopic (exact) mass is 254 g/mol. The van der Waals surface area contributed by atoms with Crippen LogP contribution in [0.2, 0.25) is 0 Å². The third-order valence-electron chi connectivity index (χ3n) is 2.30. The van der Waals surface area contributed by atoms with Gasteiger partial charge in [-0.25, -0.2) is 9.97 Å². The molecule has 2 N–H and O–H groups in total. The maximum Gasteiger partial charge on any atom is 0.185 e. The molecule has 2 heterocycles. The molecular weight excluding hydrogens is 240 g/mol. The van der Waals surface area contributed by atoms with Crippen molar-refractivity contribution in [1.29, 1.82) is 0 Å². The number of aromatic nitrogens is 2. The third kappa shape index (κ3) is 2.40. The summed E-state index contributed by atoms with van der Waals surface area (Å²) in [5, 5.41) is 3.01. The summed E-state index contributed by atoms with van der Waals surface area (Å²) in [7, 11) is 2.04. The number of aryl methyl sites for hydroxylation is 1. The maximum atomic E-state index is 5.54. The molecule has 0 aliphatic heterocycles. The van der Waals surface area contributed by atoms with E-state index in [1.54, 1.807) is 22.7 Å². The van der Waals surface area contributed by atoms with Crippen LogP contribution in [0, 0.1) is 6.92 Å². The van der Waals surface area contributed by atoms with Gasteiger partial charge in [0.2, 0.25) is 0 Å². The highest BCUT2D eigenvalue weighted by molar-refractivity contribution is 7.13. The van der Waals surface area contributed by atoms with Gasteiger partial charge in [-0.05, 0) is 6.92 Å². The van der Waals surface area contributed by atoms with Gasteiger partial charge in [0.15, 0.2) is 5.13 Å². The van der Waals surface area contributed by atoms with Gasteiger partial charge in [-0.2, -0.15) is 0 Å². The van der Waals surface area contributed by atoms with Gasteiger partial charge in [0.05, 0.1) is 23.4 Å².